The predicted molar refractivity (Wildman–Crippen MR) is 39.0 cm³/mol. The SMILES string of the molecule is O=C(OC(F)(F)F)c1ccccc1.[H-].[Li+]. The van der Waals surface area contributed by atoms with Gasteiger partial charge >= 0.3 is 31.2 Å². The molecule has 0 aliphatic rings. The number of alkyl halides is 3. The Morgan fingerprint density at radius 1 is 1.21 bits per heavy atom. The third-order valence-electron chi connectivity index (χ3n) is 1.22. The van der Waals surface area contributed by atoms with Crippen molar-refractivity contribution in [3.8, 4) is 0 Å². The van der Waals surface area contributed by atoms with Crippen LogP contribution in [0, 0.1) is 0 Å². The van der Waals surface area contributed by atoms with Gasteiger partial charge in [0.25, 0.3) is 0 Å². The molecule has 0 spiro atoms. The van der Waals surface area contributed by atoms with Crippen LogP contribution in [0.25, 0.3) is 0 Å². The maximum Gasteiger partial charge on any atom is 1.00 e. The normalized spacial score (nSPS) is 10.2. The summed E-state index contributed by atoms with van der Waals surface area (Å²) in [4.78, 5) is 10.7. The van der Waals surface area contributed by atoms with Gasteiger partial charge in [-0.15, -0.1) is 13.2 Å². The summed E-state index contributed by atoms with van der Waals surface area (Å²) >= 11 is 0. The fourth-order valence-electron chi connectivity index (χ4n) is 0.738. The van der Waals surface area contributed by atoms with Gasteiger partial charge in [0.1, 0.15) is 0 Å². The van der Waals surface area contributed by atoms with Crippen LogP contribution in [0.4, 0.5) is 13.2 Å². The molecular weight excluding hydrogens is 192 g/mol. The van der Waals surface area contributed by atoms with E-state index in [2.05, 4.69) is 4.74 Å². The van der Waals surface area contributed by atoms with Crippen molar-refractivity contribution in [2.75, 3.05) is 0 Å². The fourth-order valence-corrected chi connectivity index (χ4v) is 0.738. The van der Waals surface area contributed by atoms with E-state index in [0.29, 0.717) is 0 Å². The molecule has 0 aliphatic carbocycles. The molecule has 6 heteroatoms. The molecule has 0 unspecified atom stereocenters. The number of hydrogen-bond acceptors (Lipinski definition) is 2. The van der Waals surface area contributed by atoms with Gasteiger partial charge in [0.15, 0.2) is 0 Å². The Morgan fingerprint density at radius 3 is 2.14 bits per heavy atom. The van der Waals surface area contributed by atoms with Gasteiger partial charge in [-0.05, 0) is 12.1 Å². The molecule has 0 amide bonds. The van der Waals surface area contributed by atoms with Gasteiger partial charge in [-0.1, -0.05) is 18.2 Å². The predicted octanol–water partition coefficient (Wildman–Crippen LogP) is -0.520. The summed E-state index contributed by atoms with van der Waals surface area (Å²) in [7, 11) is 0. The van der Waals surface area contributed by atoms with Crippen molar-refractivity contribution in [3.05, 3.63) is 35.9 Å². The number of carbonyl (C=O) groups excluding carboxylic acids is 1. The van der Waals surface area contributed by atoms with Crippen LogP contribution >= 0.6 is 0 Å². The van der Waals surface area contributed by atoms with Crippen molar-refractivity contribution >= 4 is 5.97 Å². The first-order chi connectivity index (χ1) is 5.99. The molecule has 1 rings (SSSR count). The smallest absolute Gasteiger partial charge is 1.00 e. The average molecular weight is 198 g/mol. The summed E-state index contributed by atoms with van der Waals surface area (Å²) in [6.45, 7) is 0. The molecule has 2 nitrogen and oxygen atoms in total. The first kappa shape index (κ1) is 13.1. The minimum absolute atomic E-state index is 0. The third-order valence-corrected chi connectivity index (χ3v) is 1.22. The summed E-state index contributed by atoms with van der Waals surface area (Å²) in [6, 6.07) is 6.98. The van der Waals surface area contributed by atoms with E-state index in [0.717, 1.165) is 0 Å². The molecule has 0 fully saturated rings. The zero-order chi connectivity index (χ0) is 9.90. The number of halogens is 3. The van der Waals surface area contributed by atoms with E-state index in [1.807, 2.05) is 0 Å². The first-order valence-electron chi connectivity index (χ1n) is 3.34. The molecule has 1 aromatic carbocycles. The summed E-state index contributed by atoms with van der Waals surface area (Å²) in [6.07, 6.45) is -4.92. The average Bonchev–Trinajstić information content (AvgIpc) is 2.03. The van der Waals surface area contributed by atoms with Crippen LogP contribution in [0.3, 0.4) is 0 Å². The van der Waals surface area contributed by atoms with Crippen LogP contribution in [-0.2, 0) is 4.74 Å². The van der Waals surface area contributed by atoms with Gasteiger partial charge in [-0.3, -0.25) is 0 Å². The molecule has 1 aromatic rings. The van der Waals surface area contributed by atoms with Crippen molar-refractivity contribution in [2.24, 2.45) is 0 Å². The van der Waals surface area contributed by atoms with Crippen molar-refractivity contribution in [2.45, 2.75) is 6.36 Å². The molecule has 0 heterocycles. The monoisotopic (exact) mass is 198 g/mol. The third kappa shape index (κ3) is 4.35. The number of carbonyl (C=O) groups is 1. The fraction of sp³-hybridized carbons (Fsp3) is 0.125. The Balaban J connectivity index is 0. The van der Waals surface area contributed by atoms with Crippen LogP contribution in [-0.4, -0.2) is 12.3 Å². The van der Waals surface area contributed by atoms with E-state index in [9.17, 15) is 18.0 Å². The topological polar surface area (TPSA) is 26.3 Å². The van der Waals surface area contributed by atoms with Crippen molar-refractivity contribution in [1.29, 1.82) is 0 Å². The largest absolute Gasteiger partial charge is 1.00 e. The van der Waals surface area contributed by atoms with Crippen molar-refractivity contribution in [3.63, 3.8) is 0 Å². The molecule has 0 N–H and O–H groups in total. The number of rotatable bonds is 1. The molecule has 14 heavy (non-hydrogen) atoms. The Hall–Kier alpha value is -0.923. The van der Waals surface area contributed by atoms with Gasteiger partial charge in [0.05, 0.1) is 5.56 Å². The molecular formula is C8H6F3LiO2. The number of esters is 1. The van der Waals surface area contributed by atoms with E-state index in [1.54, 1.807) is 6.07 Å². The van der Waals surface area contributed by atoms with Crippen LogP contribution in [0.1, 0.15) is 11.8 Å². The van der Waals surface area contributed by atoms with E-state index in [-0.39, 0.29) is 25.9 Å². The molecule has 0 bridgehead atoms. The maximum atomic E-state index is 11.5. The van der Waals surface area contributed by atoms with Crippen molar-refractivity contribution < 1.29 is 43.0 Å². The quantitative estimate of drug-likeness (QED) is 0.448. The zero-order valence-electron chi connectivity index (χ0n) is 8.34. The second-order valence-electron chi connectivity index (χ2n) is 2.20. The van der Waals surface area contributed by atoms with Crippen LogP contribution < -0.4 is 18.9 Å². The van der Waals surface area contributed by atoms with Crippen LogP contribution in [0.2, 0.25) is 0 Å². The van der Waals surface area contributed by atoms with Gasteiger partial charge in [-0.25, -0.2) is 4.79 Å². The zero-order valence-corrected chi connectivity index (χ0v) is 7.34. The second kappa shape index (κ2) is 5.08. The van der Waals surface area contributed by atoms with Gasteiger partial charge < -0.3 is 6.16 Å². The molecule has 0 atom stereocenters. The van der Waals surface area contributed by atoms with E-state index < -0.39 is 12.3 Å². The van der Waals surface area contributed by atoms with E-state index in [1.165, 1.54) is 24.3 Å². The molecule has 72 valence electrons. The van der Waals surface area contributed by atoms with Crippen LogP contribution in [0.15, 0.2) is 30.3 Å². The van der Waals surface area contributed by atoms with E-state index in [4.69, 9.17) is 0 Å². The minimum atomic E-state index is -4.92. The Kier molecular flexibility index (Phi) is 4.75. The molecule has 0 aliphatic heterocycles. The van der Waals surface area contributed by atoms with Crippen molar-refractivity contribution in [1.82, 2.24) is 0 Å². The van der Waals surface area contributed by atoms with E-state index >= 15 is 0 Å². The Labute approximate surface area is 91.7 Å². The van der Waals surface area contributed by atoms with Gasteiger partial charge in [0, 0.05) is 0 Å². The Morgan fingerprint density at radius 2 is 1.71 bits per heavy atom. The number of benzene rings is 1. The number of hydrogen-bond donors (Lipinski definition) is 0. The molecule has 0 saturated heterocycles. The summed E-state index contributed by atoms with van der Waals surface area (Å²) in [5, 5.41) is 0. The summed E-state index contributed by atoms with van der Waals surface area (Å²) in [5.41, 5.74) is -0.125. The van der Waals surface area contributed by atoms with Gasteiger partial charge in [-0.2, -0.15) is 0 Å². The Bertz CT molecular complexity index is 303. The minimum Gasteiger partial charge on any atom is -1.00 e. The van der Waals surface area contributed by atoms with Gasteiger partial charge in [0.2, 0.25) is 0 Å². The maximum absolute atomic E-state index is 11.5. The molecule has 0 aromatic heterocycles. The summed E-state index contributed by atoms with van der Waals surface area (Å²) in [5.74, 6) is -1.40. The number of ether oxygens (including phenoxy) is 1. The second-order valence-corrected chi connectivity index (χ2v) is 2.20. The van der Waals surface area contributed by atoms with Crippen LogP contribution in [0.5, 0.6) is 0 Å². The standard InChI is InChI=1S/C8H5F3O2.Li.H/c9-8(10,11)13-7(12)6-4-2-1-3-5-6;;/h1-5H;;/q;+1;-1. The summed E-state index contributed by atoms with van der Waals surface area (Å²) < 4.78 is 37.8. The first-order valence-corrected chi connectivity index (χ1v) is 3.34. The molecule has 0 radical (unpaired) electrons. The molecule has 0 saturated carbocycles.